The molecule has 4 nitrogen and oxygen atoms in total. The summed E-state index contributed by atoms with van der Waals surface area (Å²) in [6, 6.07) is 7.84. The van der Waals surface area contributed by atoms with Gasteiger partial charge in [0.2, 0.25) is 0 Å². The molecule has 0 unspecified atom stereocenters. The summed E-state index contributed by atoms with van der Waals surface area (Å²) in [5, 5.41) is 0.819. The lowest BCUT2D eigenvalue weighted by atomic mass is 10.2. The molecule has 2 aromatic rings. The highest BCUT2D eigenvalue weighted by Crippen LogP contribution is 2.15. The van der Waals surface area contributed by atoms with E-state index in [1.54, 1.807) is 23.1 Å². The van der Waals surface area contributed by atoms with E-state index in [1.807, 2.05) is 0 Å². The van der Waals surface area contributed by atoms with Gasteiger partial charge in [0, 0.05) is 24.5 Å². The summed E-state index contributed by atoms with van der Waals surface area (Å²) >= 11 is 0. The second kappa shape index (κ2) is 4.93. The molecule has 2 heterocycles. The van der Waals surface area contributed by atoms with Gasteiger partial charge in [0.05, 0.1) is 18.7 Å². The summed E-state index contributed by atoms with van der Waals surface area (Å²) in [6.45, 7) is 2.24. The van der Waals surface area contributed by atoms with E-state index in [0.29, 0.717) is 37.5 Å². The maximum absolute atomic E-state index is 13.2. The van der Waals surface area contributed by atoms with Gasteiger partial charge < -0.3 is 9.64 Å². The van der Waals surface area contributed by atoms with Crippen molar-refractivity contribution < 1.29 is 13.9 Å². The van der Waals surface area contributed by atoms with Gasteiger partial charge in [0.15, 0.2) is 0 Å². The Hall–Kier alpha value is -2.01. The van der Waals surface area contributed by atoms with Gasteiger partial charge in [0.1, 0.15) is 11.5 Å². The summed E-state index contributed by atoms with van der Waals surface area (Å²) in [5.41, 5.74) is 0.846. The van der Waals surface area contributed by atoms with Crippen molar-refractivity contribution in [3.8, 4) is 0 Å². The van der Waals surface area contributed by atoms with E-state index in [2.05, 4.69) is 4.98 Å². The predicted molar refractivity (Wildman–Crippen MR) is 68.4 cm³/mol. The van der Waals surface area contributed by atoms with Crippen LogP contribution in [0.1, 0.15) is 10.5 Å². The molecule has 0 N–H and O–H groups in total. The molecule has 1 fully saturated rings. The average Bonchev–Trinajstić information content (AvgIpc) is 2.46. The monoisotopic (exact) mass is 260 g/mol. The number of nitrogens with zero attached hydrogens (tertiary/aromatic N) is 2. The van der Waals surface area contributed by atoms with Gasteiger partial charge in [0.25, 0.3) is 5.91 Å². The van der Waals surface area contributed by atoms with E-state index >= 15 is 0 Å². The van der Waals surface area contributed by atoms with Crippen LogP contribution >= 0.6 is 0 Å². The van der Waals surface area contributed by atoms with Gasteiger partial charge in [-0.3, -0.25) is 4.79 Å². The largest absolute Gasteiger partial charge is 0.378 e. The molecular weight excluding hydrogens is 247 g/mol. The minimum atomic E-state index is -0.351. The molecule has 0 atom stereocenters. The number of carbonyl (C=O) groups is 1. The first-order valence-electron chi connectivity index (χ1n) is 6.17. The average molecular weight is 260 g/mol. The number of ether oxygens (including phenoxy) is 1. The Bertz CT molecular complexity index is 624. The summed E-state index contributed by atoms with van der Waals surface area (Å²) in [5.74, 6) is -0.481. The van der Waals surface area contributed by atoms with E-state index in [4.69, 9.17) is 4.74 Å². The predicted octanol–water partition coefficient (Wildman–Crippen LogP) is 1.85. The lowest BCUT2D eigenvalue weighted by Crippen LogP contribution is -2.41. The van der Waals surface area contributed by atoms with E-state index in [1.165, 1.54) is 12.1 Å². The molecule has 1 aromatic heterocycles. The number of halogens is 1. The Morgan fingerprint density at radius 2 is 1.95 bits per heavy atom. The zero-order valence-electron chi connectivity index (χ0n) is 10.3. The molecule has 19 heavy (non-hydrogen) atoms. The molecule has 0 bridgehead atoms. The number of hydrogen-bond donors (Lipinski definition) is 0. The molecule has 1 aromatic carbocycles. The van der Waals surface area contributed by atoms with Gasteiger partial charge in [-0.05, 0) is 18.2 Å². The van der Waals surface area contributed by atoms with Crippen LogP contribution in [-0.2, 0) is 4.74 Å². The van der Waals surface area contributed by atoms with Gasteiger partial charge in [-0.2, -0.15) is 0 Å². The van der Waals surface area contributed by atoms with Crippen molar-refractivity contribution in [3.63, 3.8) is 0 Å². The minimum absolute atomic E-state index is 0.130. The highest BCUT2D eigenvalue weighted by Gasteiger charge is 2.19. The number of aromatic nitrogens is 1. The van der Waals surface area contributed by atoms with Crippen LogP contribution < -0.4 is 0 Å². The molecule has 1 saturated heterocycles. The Balaban J connectivity index is 1.93. The third-order valence-corrected chi connectivity index (χ3v) is 3.17. The molecule has 1 aliphatic rings. The first kappa shape index (κ1) is 12.0. The van der Waals surface area contributed by atoms with Crippen molar-refractivity contribution in [3.05, 3.63) is 41.8 Å². The van der Waals surface area contributed by atoms with E-state index in [0.717, 1.165) is 5.39 Å². The van der Waals surface area contributed by atoms with Gasteiger partial charge in [-0.15, -0.1) is 0 Å². The van der Waals surface area contributed by atoms with Crippen LogP contribution in [0, 0.1) is 5.82 Å². The Labute approximate surface area is 109 Å². The molecule has 0 spiro atoms. The third-order valence-electron chi connectivity index (χ3n) is 3.17. The smallest absolute Gasteiger partial charge is 0.272 e. The Morgan fingerprint density at radius 1 is 1.21 bits per heavy atom. The number of amides is 1. The molecule has 1 amide bonds. The highest BCUT2D eigenvalue weighted by atomic mass is 19.1. The van der Waals surface area contributed by atoms with Crippen LogP contribution in [0.5, 0.6) is 0 Å². The fourth-order valence-corrected chi connectivity index (χ4v) is 2.14. The van der Waals surface area contributed by atoms with Crippen molar-refractivity contribution in [2.24, 2.45) is 0 Å². The van der Waals surface area contributed by atoms with Crippen molar-refractivity contribution in [1.82, 2.24) is 9.88 Å². The fourth-order valence-electron chi connectivity index (χ4n) is 2.14. The second-order valence-corrected chi connectivity index (χ2v) is 4.44. The SMILES string of the molecule is O=C(c1ccc2ccc(F)cc2n1)N1CCOCC1. The Morgan fingerprint density at radius 3 is 2.74 bits per heavy atom. The molecule has 0 saturated carbocycles. The zero-order valence-corrected chi connectivity index (χ0v) is 10.3. The van der Waals surface area contributed by atoms with Crippen LogP contribution in [0.15, 0.2) is 30.3 Å². The molecule has 3 rings (SSSR count). The molecule has 0 aliphatic carbocycles. The molecular formula is C14H13FN2O2. The van der Waals surface area contributed by atoms with Crippen LogP contribution in [0.3, 0.4) is 0 Å². The maximum atomic E-state index is 13.2. The zero-order chi connectivity index (χ0) is 13.2. The molecule has 98 valence electrons. The van der Waals surface area contributed by atoms with E-state index < -0.39 is 0 Å². The fraction of sp³-hybridized carbons (Fsp3) is 0.286. The normalized spacial score (nSPS) is 15.7. The third kappa shape index (κ3) is 2.42. The van der Waals surface area contributed by atoms with Crippen LogP contribution in [0.2, 0.25) is 0 Å². The van der Waals surface area contributed by atoms with Crippen molar-refractivity contribution in [2.75, 3.05) is 26.3 Å². The molecule has 1 aliphatic heterocycles. The lowest BCUT2D eigenvalue weighted by molar-refractivity contribution is 0.0299. The van der Waals surface area contributed by atoms with Crippen molar-refractivity contribution >= 4 is 16.8 Å². The second-order valence-electron chi connectivity index (χ2n) is 4.44. The number of rotatable bonds is 1. The van der Waals surface area contributed by atoms with Crippen LogP contribution in [0.25, 0.3) is 10.9 Å². The topological polar surface area (TPSA) is 42.4 Å². The number of fused-ring (bicyclic) bond motifs is 1. The summed E-state index contributed by atoms with van der Waals surface area (Å²) in [7, 11) is 0. The van der Waals surface area contributed by atoms with Gasteiger partial charge >= 0.3 is 0 Å². The van der Waals surface area contributed by atoms with E-state index in [-0.39, 0.29) is 11.7 Å². The summed E-state index contributed by atoms with van der Waals surface area (Å²) in [6.07, 6.45) is 0. The van der Waals surface area contributed by atoms with E-state index in [9.17, 15) is 9.18 Å². The molecule has 0 radical (unpaired) electrons. The lowest BCUT2D eigenvalue weighted by Gasteiger charge is -2.26. The van der Waals surface area contributed by atoms with Gasteiger partial charge in [-0.25, -0.2) is 9.37 Å². The maximum Gasteiger partial charge on any atom is 0.272 e. The molecule has 5 heteroatoms. The summed E-state index contributed by atoms with van der Waals surface area (Å²) < 4.78 is 18.4. The quantitative estimate of drug-likeness (QED) is 0.785. The van der Waals surface area contributed by atoms with Gasteiger partial charge in [-0.1, -0.05) is 6.07 Å². The standard InChI is InChI=1S/C14H13FN2O2/c15-11-3-1-10-2-4-12(16-13(10)9-11)14(18)17-5-7-19-8-6-17/h1-4,9H,5-8H2. The number of morpholine rings is 1. The van der Waals surface area contributed by atoms with Crippen molar-refractivity contribution in [1.29, 1.82) is 0 Å². The number of benzene rings is 1. The number of carbonyl (C=O) groups excluding carboxylic acids is 1. The number of pyridine rings is 1. The minimum Gasteiger partial charge on any atom is -0.378 e. The summed E-state index contributed by atoms with van der Waals surface area (Å²) in [4.78, 5) is 18.2. The Kier molecular flexibility index (Phi) is 3.13. The van der Waals surface area contributed by atoms with Crippen LogP contribution in [-0.4, -0.2) is 42.1 Å². The van der Waals surface area contributed by atoms with Crippen LogP contribution in [0.4, 0.5) is 4.39 Å². The number of hydrogen-bond acceptors (Lipinski definition) is 3. The first-order chi connectivity index (χ1) is 9.24. The first-order valence-corrected chi connectivity index (χ1v) is 6.17. The highest BCUT2D eigenvalue weighted by molar-refractivity contribution is 5.95. The van der Waals surface area contributed by atoms with Crippen molar-refractivity contribution in [2.45, 2.75) is 0 Å².